The first-order chi connectivity index (χ1) is 16.6. The molecule has 2 nitrogen and oxygen atoms in total. The van der Waals surface area contributed by atoms with E-state index in [9.17, 15) is 0 Å². The van der Waals surface area contributed by atoms with Gasteiger partial charge in [0.2, 0.25) is 0 Å². The molecule has 0 aliphatic heterocycles. The Morgan fingerprint density at radius 3 is 1.47 bits per heavy atom. The zero-order valence-corrected chi connectivity index (χ0v) is 21.5. The van der Waals surface area contributed by atoms with Gasteiger partial charge in [-0.2, -0.15) is 10.5 Å². The lowest BCUT2D eigenvalue weighted by Gasteiger charge is -2.11. The minimum atomic E-state index is -0.222. The summed E-state index contributed by atoms with van der Waals surface area (Å²) >= 11 is 6.86. The van der Waals surface area contributed by atoms with Crippen molar-refractivity contribution in [3.8, 4) is 34.4 Å². The van der Waals surface area contributed by atoms with Crippen molar-refractivity contribution in [3.63, 3.8) is 0 Å². The number of halogens is 2. The Kier molecular flexibility index (Phi) is 9.86. The van der Waals surface area contributed by atoms with Gasteiger partial charge in [-0.3, -0.25) is 0 Å². The average Bonchev–Trinajstić information content (AvgIpc) is 2.93. The quantitative estimate of drug-likeness (QED) is 0.178. The van der Waals surface area contributed by atoms with E-state index in [1.807, 2.05) is 66.7 Å². The van der Waals surface area contributed by atoms with Gasteiger partial charge in [-0.1, -0.05) is 141 Å². The average molecular weight is 570 g/mol. The zero-order chi connectivity index (χ0) is 24.2. The van der Waals surface area contributed by atoms with E-state index in [1.54, 1.807) is 6.08 Å². The third-order valence-electron chi connectivity index (χ3n) is 5.08. The fourth-order valence-electron chi connectivity index (χ4n) is 3.28. The van der Waals surface area contributed by atoms with Crippen LogP contribution in [0, 0.1) is 22.7 Å². The molecule has 0 radical (unpaired) electrons. The van der Waals surface area contributed by atoms with E-state index < -0.39 is 0 Å². The fourth-order valence-corrected chi connectivity index (χ4v) is 4.00. The van der Waals surface area contributed by atoms with E-state index >= 15 is 0 Å². The number of allylic oxidation sites excluding steroid dienone is 1. The number of hydrogen-bond donors (Lipinski definition) is 0. The van der Waals surface area contributed by atoms with E-state index in [-0.39, 0.29) is 9.65 Å². The van der Waals surface area contributed by atoms with Crippen molar-refractivity contribution in [2.75, 3.05) is 0 Å². The summed E-state index contributed by atoms with van der Waals surface area (Å²) in [5, 5.41) is 17.3. The highest BCUT2D eigenvalue weighted by Crippen LogP contribution is 2.32. The lowest BCUT2D eigenvalue weighted by atomic mass is 10.0. The van der Waals surface area contributed by atoms with E-state index in [4.69, 9.17) is 10.5 Å². The molecular weight excluding hydrogens is 548 g/mol. The molecule has 2 atom stereocenters. The summed E-state index contributed by atoms with van der Waals surface area (Å²) in [6.45, 7) is 0. The molecule has 4 aromatic carbocycles. The Labute approximate surface area is 218 Å². The first-order valence-corrected chi connectivity index (χ1v) is 12.5. The second kappa shape index (κ2) is 13.3. The third-order valence-corrected chi connectivity index (χ3v) is 7.58. The number of nitrogens with zero attached hydrogens (tertiary/aromatic N) is 2. The highest BCUT2D eigenvalue weighted by Gasteiger charge is 2.16. The second-order valence-corrected chi connectivity index (χ2v) is 9.34. The maximum atomic E-state index is 8.87. The van der Waals surface area contributed by atoms with Crippen molar-refractivity contribution >= 4 is 37.9 Å². The van der Waals surface area contributed by atoms with Crippen molar-refractivity contribution in [2.24, 2.45) is 0 Å². The van der Waals surface area contributed by atoms with Gasteiger partial charge in [0, 0.05) is 6.08 Å². The molecular formula is C30H22Br2N2. The first kappa shape index (κ1) is 25.2. The molecule has 0 bridgehead atoms. The number of hydrogen-bond acceptors (Lipinski definition) is 2. The molecule has 0 fully saturated rings. The van der Waals surface area contributed by atoms with Gasteiger partial charge in [-0.05, 0) is 39.5 Å². The summed E-state index contributed by atoms with van der Waals surface area (Å²) in [6, 6.07) is 41.0. The van der Waals surface area contributed by atoms with Gasteiger partial charge in [0.15, 0.2) is 0 Å². The standard InChI is InChI=1S/C15H11Br2N.C15H11N/c16-14(10-18)15(17)13-8-6-12(7-9-13)11-4-2-1-3-5-11;16-12-4-5-13-8-10-15(11-9-13)14-6-2-1-3-7-14/h1-9,14-15H;1-11H. The van der Waals surface area contributed by atoms with Crippen LogP contribution in [-0.2, 0) is 0 Å². The van der Waals surface area contributed by atoms with E-state index in [1.165, 1.54) is 28.3 Å². The van der Waals surface area contributed by atoms with Crippen molar-refractivity contribution < 1.29 is 0 Å². The summed E-state index contributed by atoms with van der Waals surface area (Å²) in [6.07, 6.45) is 3.28. The van der Waals surface area contributed by atoms with Crippen LogP contribution in [0.4, 0.5) is 0 Å². The molecule has 0 saturated carbocycles. The molecule has 0 aliphatic carbocycles. The van der Waals surface area contributed by atoms with Crippen LogP contribution in [0.25, 0.3) is 28.3 Å². The number of alkyl halides is 2. The van der Waals surface area contributed by atoms with Gasteiger partial charge in [0.05, 0.1) is 17.0 Å². The Morgan fingerprint density at radius 1 is 0.588 bits per heavy atom. The summed E-state index contributed by atoms with van der Waals surface area (Å²) in [7, 11) is 0. The van der Waals surface area contributed by atoms with Crippen LogP contribution >= 0.6 is 31.9 Å². The van der Waals surface area contributed by atoms with Crippen molar-refractivity contribution in [3.05, 3.63) is 126 Å². The molecule has 4 rings (SSSR count). The van der Waals surface area contributed by atoms with Gasteiger partial charge in [0.1, 0.15) is 4.83 Å². The summed E-state index contributed by atoms with van der Waals surface area (Å²) in [4.78, 5) is -0.215. The Bertz CT molecular complexity index is 1270. The zero-order valence-electron chi connectivity index (χ0n) is 18.4. The molecule has 0 N–H and O–H groups in total. The minimum Gasteiger partial charge on any atom is -0.197 e. The third kappa shape index (κ3) is 7.29. The monoisotopic (exact) mass is 568 g/mol. The van der Waals surface area contributed by atoms with Crippen LogP contribution in [-0.4, -0.2) is 4.83 Å². The highest BCUT2D eigenvalue weighted by atomic mass is 79.9. The molecule has 0 aliphatic rings. The molecule has 0 amide bonds. The molecule has 0 heterocycles. The van der Waals surface area contributed by atoms with Crippen molar-refractivity contribution in [1.82, 2.24) is 0 Å². The smallest absolute Gasteiger partial charge is 0.118 e. The van der Waals surface area contributed by atoms with Gasteiger partial charge in [0.25, 0.3) is 0 Å². The summed E-state index contributed by atoms with van der Waals surface area (Å²) < 4.78 is 0. The molecule has 0 saturated heterocycles. The predicted molar refractivity (Wildman–Crippen MR) is 148 cm³/mol. The molecule has 0 aromatic heterocycles. The van der Waals surface area contributed by atoms with Gasteiger partial charge in [-0.25, -0.2) is 0 Å². The Morgan fingerprint density at radius 2 is 1.03 bits per heavy atom. The van der Waals surface area contributed by atoms with Crippen LogP contribution in [0.2, 0.25) is 0 Å². The Balaban J connectivity index is 0.000000192. The van der Waals surface area contributed by atoms with Gasteiger partial charge in [-0.15, -0.1) is 0 Å². The van der Waals surface area contributed by atoms with Crippen LogP contribution < -0.4 is 0 Å². The maximum absolute atomic E-state index is 8.87. The van der Waals surface area contributed by atoms with Crippen LogP contribution in [0.3, 0.4) is 0 Å². The van der Waals surface area contributed by atoms with Gasteiger partial charge >= 0.3 is 0 Å². The van der Waals surface area contributed by atoms with Crippen molar-refractivity contribution in [1.29, 1.82) is 10.5 Å². The van der Waals surface area contributed by atoms with E-state index in [0.717, 1.165) is 11.1 Å². The minimum absolute atomic E-state index is 0.00678. The first-order valence-electron chi connectivity index (χ1n) is 10.7. The SMILES string of the molecule is N#CC(Br)C(Br)c1ccc(-c2ccccc2)cc1.N#CC=Cc1ccc(-c2ccccc2)cc1. The predicted octanol–water partition coefficient (Wildman–Crippen LogP) is 8.97. The fraction of sp³-hybridized carbons (Fsp3) is 0.0667. The lowest BCUT2D eigenvalue weighted by molar-refractivity contribution is 1.03. The van der Waals surface area contributed by atoms with E-state index in [0.29, 0.717) is 0 Å². The normalized spacial score (nSPS) is 12.0. The van der Waals surface area contributed by atoms with Crippen LogP contribution in [0.5, 0.6) is 0 Å². The van der Waals surface area contributed by atoms with Crippen LogP contribution in [0.15, 0.2) is 115 Å². The molecule has 4 heteroatoms. The molecule has 4 aromatic rings. The molecule has 166 valence electrons. The van der Waals surface area contributed by atoms with Gasteiger partial charge < -0.3 is 0 Å². The summed E-state index contributed by atoms with van der Waals surface area (Å²) in [5.74, 6) is 0. The molecule has 2 unspecified atom stereocenters. The Hall–Kier alpha value is -3.44. The van der Waals surface area contributed by atoms with E-state index in [2.05, 4.69) is 86.5 Å². The van der Waals surface area contributed by atoms with Crippen molar-refractivity contribution in [2.45, 2.75) is 9.65 Å². The topological polar surface area (TPSA) is 47.6 Å². The highest BCUT2D eigenvalue weighted by molar-refractivity contribution is 9.12. The number of benzene rings is 4. The maximum Gasteiger partial charge on any atom is 0.118 e. The molecule has 0 spiro atoms. The van der Waals surface area contributed by atoms with Crippen LogP contribution in [0.1, 0.15) is 16.0 Å². The number of nitriles is 2. The second-order valence-electron chi connectivity index (χ2n) is 7.37. The number of rotatable bonds is 5. The summed E-state index contributed by atoms with van der Waals surface area (Å²) in [5.41, 5.74) is 6.92. The molecule has 34 heavy (non-hydrogen) atoms. The lowest BCUT2D eigenvalue weighted by Crippen LogP contribution is -2.02. The largest absolute Gasteiger partial charge is 0.197 e.